The molecule has 0 radical (unpaired) electrons. The Morgan fingerprint density at radius 3 is 2.52 bits per heavy atom. The van der Waals surface area contributed by atoms with Crippen LogP contribution in [0.4, 0.5) is 0 Å². The van der Waals surface area contributed by atoms with Gasteiger partial charge in [-0.2, -0.15) is 0 Å². The molecule has 2 fully saturated rings. The molecule has 1 N–H and O–H groups in total. The van der Waals surface area contributed by atoms with Gasteiger partial charge in [-0.1, -0.05) is 26.2 Å². The Bertz CT molecular complexity index is 541. The summed E-state index contributed by atoms with van der Waals surface area (Å²) >= 11 is 0. The maximum atomic E-state index is 11.6. The second kappa shape index (κ2) is 9.21. The molecule has 2 rings (SSSR count). The van der Waals surface area contributed by atoms with Gasteiger partial charge in [-0.25, -0.2) is 12.7 Å². The van der Waals surface area contributed by atoms with Crippen molar-refractivity contribution in [2.24, 2.45) is 10.4 Å². The van der Waals surface area contributed by atoms with Crippen LogP contribution in [0.3, 0.4) is 0 Å². The fraction of sp³-hybridized carbons (Fsp3) is 0.944. The molecule has 25 heavy (non-hydrogen) atoms. The van der Waals surface area contributed by atoms with Crippen LogP contribution in [0, 0.1) is 5.41 Å². The van der Waals surface area contributed by atoms with Gasteiger partial charge in [-0.15, -0.1) is 0 Å². The Morgan fingerprint density at radius 2 is 1.92 bits per heavy atom. The molecule has 1 saturated carbocycles. The molecule has 0 atom stereocenters. The van der Waals surface area contributed by atoms with E-state index in [0.29, 0.717) is 25.0 Å². The number of guanidine groups is 1. The highest BCUT2D eigenvalue weighted by atomic mass is 32.2. The second-order valence-corrected chi connectivity index (χ2v) is 9.56. The summed E-state index contributed by atoms with van der Waals surface area (Å²) in [6.07, 6.45) is 10.2. The maximum absolute atomic E-state index is 11.6. The highest BCUT2D eigenvalue weighted by Crippen LogP contribution is 2.43. The molecule has 146 valence electrons. The largest absolute Gasteiger partial charge is 0.357 e. The van der Waals surface area contributed by atoms with E-state index >= 15 is 0 Å². The fourth-order valence-corrected chi connectivity index (χ4v) is 5.17. The standard InChI is InChI=1S/C18H36N4O2S/c1-4-19-17(20-13-9-14-22(5-2)25(3,23)24)21-15-12-18(16-21)10-7-6-8-11-18/h4-16H2,1-3H3,(H,19,20). The minimum Gasteiger partial charge on any atom is -0.357 e. The number of nitrogens with one attached hydrogen (secondary N) is 1. The number of hydrogen-bond acceptors (Lipinski definition) is 3. The minimum absolute atomic E-state index is 0.518. The minimum atomic E-state index is -3.10. The van der Waals surface area contributed by atoms with Crippen molar-refractivity contribution in [3.63, 3.8) is 0 Å². The lowest BCUT2D eigenvalue weighted by molar-refractivity contribution is 0.203. The summed E-state index contributed by atoms with van der Waals surface area (Å²) in [5.41, 5.74) is 0.518. The average Bonchev–Trinajstić information content (AvgIpc) is 2.96. The monoisotopic (exact) mass is 372 g/mol. The van der Waals surface area contributed by atoms with Crippen molar-refractivity contribution in [2.45, 2.75) is 58.8 Å². The normalized spacial score (nSPS) is 21.3. The number of sulfonamides is 1. The molecule has 0 amide bonds. The van der Waals surface area contributed by atoms with Crippen LogP contribution < -0.4 is 5.32 Å². The van der Waals surface area contributed by atoms with Crippen LogP contribution in [0.25, 0.3) is 0 Å². The Labute approximate surface area is 154 Å². The third-order valence-electron chi connectivity index (χ3n) is 5.64. The molecule has 0 aromatic heterocycles. The highest BCUT2D eigenvalue weighted by Gasteiger charge is 2.39. The second-order valence-electron chi connectivity index (χ2n) is 7.58. The summed E-state index contributed by atoms with van der Waals surface area (Å²) in [5.74, 6) is 1.01. The quantitative estimate of drug-likeness (QED) is 0.423. The molecule has 2 aliphatic rings. The molecule has 0 aromatic rings. The van der Waals surface area contributed by atoms with Gasteiger partial charge in [-0.3, -0.25) is 4.99 Å². The maximum Gasteiger partial charge on any atom is 0.211 e. The Balaban J connectivity index is 1.88. The first kappa shape index (κ1) is 20.5. The number of rotatable bonds is 7. The van der Waals surface area contributed by atoms with E-state index in [0.717, 1.165) is 32.0 Å². The zero-order valence-electron chi connectivity index (χ0n) is 16.3. The van der Waals surface area contributed by atoms with Crippen LogP contribution in [-0.4, -0.2) is 69.1 Å². The van der Waals surface area contributed by atoms with Gasteiger partial charge in [-0.05, 0) is 38.0 Å². The zero-order chi connectivity index (χ0) is 18.3. The molecule has 1 saturated heterocycles. The molecule has 0 bridgehead atoms. The van der Waals surface area contributed by atoms with Crippen molar-refractivity contribution < 1.29 is 8.42 Å². The molecular weight excluding hydrogens is 336 g/mol. The Kier molecular flexibility index (Phi) is 7.55. The van der Waals surface area contributed by atoms with Crippen molar-refractivity contribution in [2.75, 3.05) is 45.5 Å². The fourth-order valence-electron chi connectivity index (χ4n) is 4.24. The van der Waals surface area contributed by atoms with E-state index in [2.05, 4.69) is 17.1 Å². The van der Waals surface area contributed by atoms with Gasteiger partial charge in [0.1, 0.15) is 0 Å². The molecule has 1 spiro atoms. The molecule has 1 aliphatic heterocycles. The van der Waals surface area contributed by atoms with Gasteiger partial charge >= 0.3 is 0 Å². The SMILES string of the molecule is CCNC(=NCCCN(CC)S(C)(=O)=O)N1CCC2(CCCCC2)C1. The smallest absolute Gasteiger partial charge is 0.211 e. The van der Waals surface area contributed by atoms with Crippen LogP contribution in [0.15, 0.2) is 4.99 Å². The topological polar surface area (TPSA) is 65.0 Å². The first-order chi connectivity index (χ1) is 11.9. The third-order valence-corrected chi connectivity index (χ3v) is 7.01. The van der Waals surface area contributed by atoms with Gasteiger partial charge in [0.05, 0.1) is 6.26 Å². The van der Waals surface area contributed by atoms with E-state index in [1.807, 2.05) is 6.92 Å². The van der Waals surface area contributed by atoms with Crippen LogP contribution in [0.5, 0.6) is 0 Å². The molecular formula is C18H36N4O2S. The van der Waals surface area contributed by atoms with Crippen LogP contribution in [-0.2, 0) is 10.0 Å². The van der Waals surface area contributed by atoms with Crippen molar-refractivity contribution in [1.29, 1.82) is 0 Å². The third kappa shape index (κ3) is 5.84. The molecule has 1 heterocycles. The van der Waals surface area contributed by atoms with Gasteiger partial charge in [0.2, 0.25) is 10.0 Å². The number of likely N-dealkylation sites (tertiary alicyclic amines) is 1. The molecule has 0 aromatic carbocycles. The average molecular weight is 373 g/mol. The summed E-state index contributed by atoms with van der Waals surface area (Å²) in [6, 6.07) is 0. The van der Waals surface area contributed by atoms with Gasteiger partial charge in [0, 0.05) is 39.3 Å². The van der Waals surface area contributed by atoms with Crippen LogP contribution >= 0.6 is 0 Å². The van der Waals surface area contributed by atoms with E-state index in [1.165, 1.54) is 49.1 Å². The van der Waals surface area contributed by atoms with E-state index in [4.69, 9.17) is 4.99 Å². The van der Waals surface area contributed by atoms with Crippen molar-refractivity contribution in [3.05, 3.63) is 0 Å². The lowest BCUT2D eigenvalue weighted by Crippen LogP contribution is -2.41. The lowest BCUT2D eigenvalue weighted by atomic mass is 9.73. The molecule has 1 aliphatic carbocycles. The van der Waals surface area contributed by atoms with Crippen LogP contribution in [0.2, 0.25) is 0 Å². The summed E-state index contributed by atoms with van der Waals surface area (Å²) in [6.45, 7) is 8.80. The molecule has 7 heteroatoms. The summed E-state index contributed by atoms with van der Waals surface area (Å²) < 4.78 is 24.8. The number of nitrogens with zero attached hydrogens (tertiary/aromatic N) is 3. The van der Waals surface area contributed by atoms with E-state index < -0.39 is 10.0 Å². The van der Waals surface area contributed by atoms with E-state index in [9.17, 15) is 8.42 Å². The highest BCUT2D eigenvalue weighted by molar-refractivity contribution is 7.88. The van der Waals surface area contributed by atoms with Crippen molar-refractivity contribution in [3.8, 4) is 0 Å². The summed E-state index contributed by atoms with van der Waals surface area (Å²) in [7, 11) is -3.10. The predicted octanol–water partition coefficient (Wildman–Crippen LogP) is 2.28. The van der Waals surface area contributed by atoms with E-state index in [-0.39, 0.29) is 0 Å². The van der Waals surface area contributed by atoms with Gasteiger partial charge in [0.15, 0.2) is 5.96 Å². The van der Waals surface area contributed by atoms with Crippen molar-refractivity contribution in [1.82, 2.24) is 14.5 Å². The first-order valence-corrected chi connectivity index (χ1v) is 11.7. The number of aliphatic imine (C=N–C) groups is 1. The zero-order valence-corrected chi connectivity index (χ0v) is 17.1. The predicted molar refractivity (Wildman–Crippen MR) is 104 cm³/mol. The van der Waals surface area contributed by atoms with Gasteiger partial charge in [0.25, 0.3) is 0 Å². The lowest BCUT2D eigenvalue weighted by Gasteiger charge is -2.33. The van der Waals surface area contributed by atoms with E-state index in [1.54, 1.807) is 0 Å². The summed E-state index contributed by atoms with van der Waals surface area (Å²) in [5, 5.41) is 3.42. The summed E-state index contributed by atoms with van der Waals surface area (Å²) in [4.78, 5) is 7.19. The molecule has 6 nitrogen and oxygen atoms in total. The van der Waals surface area contributed by atoms with Crippen LogP contribution in [0.1, 0.15) is 58.8 Å². The number of hydrogen-bond donors (Lipinski definition) is 1. The molecule has 0 unspecified atom stereocenters. The van der Waals surface area contributed by atoms with Gasteiger partial charge < -0.3 is 10.2 Å². The Hall–Kier alpha value is -0.820. The van der Waals surface area contributed by atoms with Crippen molar-refractivity contribution >= 4 is 16.0 Å². The Morgan fingerprint density at radius 1 is 1.20 bits per heavy atom. The first-order valence-electron chi connectivity index (χ1n) is 9.88.